The van der Waals surface area contributed by atoms with Gasteiger partial charge < -0.3 is 19.8 Å². The number of benzene rings is 1. The molecule has 0 aliphatic heterocycles. The minimum atomic E-state index is 0.524. The highest BCUT2D eigenvalue weighted by molar-refractivity contribution is 5.79. The molecule has 0 bridgehead atoms. The van der Waals surface area contributed by atoms with Gasteiger partial charge in [0.2, 0.25) is 0 Å². The van der Waals surface area contributed by atoms with E-state index < -0.39 is 0 Å². The number of nitrogens with one attached hydrogen (secondary N) is 2. The zero-order valence-electron chi connectivity index (χ0n) is 15.5. The van der Waals surface area contributed by atoms with E-state index in [1.54, 1.807) is 13.3 Å². The number of aliphatic imine (C=N–C) groups is 1. The van der Waals surface area contributed by atoms with Gasteiger partial charge in [0, 0.05) is 26.7 Å². The van der Waals surface area contributed by atoms with Gasteiger partial charge in [-0.2, -0.15) is 0 Å². The topological polar surface area (TPSA) is 58.8 Å². The maximum absolute atomic E-state index is 5.56. The van der Waals surface area contributed by atoms with E-state index in [-0.39, 0.29) is 0 Å². The molecule has 0 radical (unpaired) electrons. The molecule has 1 heterocycles. The Morgan fingerprint density at radius 2 is 1.88 bits per heavy atom. The molecule has 0 saturated heterocycles. The minimum absolute atomic E-state index is 0.524. The molecule has 136 valence electrons. The summed E-state index contributed by atoms with van der Waals surface area (Å²) in [6, 6.07) is 10.5. The fourth-order valence-corrected chi connectivity index (χ4v) is 2.71. The van der Waals surface area contributed by atoms with Crippen LogP contribution in [0.4, 0.5) is 0 Å². The fraction of sp³-hybridized carbons (Fsp3) is 0.450. The number of hydrogen-bond acceptors (Lipinski definition) is 3. The Morgan fingerprint density at radius 3 is 2.56 bits per heavy atom. The van der Waals surface area contributed by atoms with E-state index in [9.17, 15) is 0 Å². The minimum Gasteiger partial charge on any atom is -0.467 e. The third-order valence-corrected chi connectivity index (χ3v) is 3.79. The lowest BCUT2D eigenvalue weighted by atomic mass is 10.1. The van der Waals surface area contributed by atoms with E-state index in [1.165, 1.54) is 16.7 Å². The smallest absolute Gasteiger partial charge is 0.190 e. The first-order chi connectivity index (χ1) is 12.2. The second kappa shape index (κ2) is 10.6. The van der Waals surface area contributed by atoms with Gasteiger partial charge >= 0.3 is 0 Å². The molecule has 1 aromatic heterocycles. The average Bonchev–Trinajstić information content (AvgIpc) is 3.08. The maximum atomic E-state index is 5.56. The predicted molar refractivity (Wildman–Crippen MR) is 102 cm³/mol. The van der Waals surface area contributed by atoms with E-state index in [2.05, 4.69) is 47.7 Å². The van der Waals surface area contributed by atoms with E-state index in [1.807, 2.05) is 12.1 Å². The number of nitrogens with zero attached hydrogens (tertiary/aromatic N) is 1. The summed E-state index contributed by atoms with van der Waals surface area (Å²) in [6.07, 6.45) is 3.56. The predicted octanol–water partition coefficient (Wildman–Crippen LogP) is 3.21. The van der Waals surface area contributed by atoms with Gasteiger partial charge in [0.1, 0.15) is 12.4 Å². The zero-order chi connectivity index (χ0) is 17.9. The second-order valence-corrected chi connectivity index (χ2v) is 6.16. The molecule has 0 aliphatic carbocycles. The fourth-order valence-electron chi connectivity index (χ4n) is 2.71. The van der Waals surface area contributed by atoms with Crippen LogP contribution >= 0.6 is 0 Å². The van der Waals surface area contributed by atoms with Crippen molar-refractivity contribution in [2.24, 2.45) is 4.99 Å². The molecule has 0 spiro atoms. The molecule has 25 heavy (non-hydrogen) atoms. The molecule has 0 aliphatic rings. The van der Waals surface area contributed by atoms with Crippen LogP contribution in [0.1, 0.15) is 28.9 Å². The van der Waals surface area contributed by atoms with Crippen molar-refractivity contribution >= 4 is 5.96 Å². The summed E-state index contributed by atoms with van der Waals surface area (Å²) in [5.74, 6) is 1.69. The lowest BCUT2D eigenvalue weighted by Gasteiger charge is -2.12. The molecule has 2 N–H and O–H groups in total. The van der Waals surface area contributed by atoms with Crippen molar-refractivity contribution in [3.8, 4) is 0 Å². The molecule has 5 heteroatoms. The van der Waals surface area contributed by atoms with E-state index >= 15 is 0 Å². The van der Waals surface area contributed by atoms with Crippen molar-refractivity contribution in [3.05, 3.63) is 59.0 Å². The van der Waals surface area contributed by atoms with E-state index in [4.69, 9.17) is 9.15 Å². The summed E-state index contributed by atoms with van der Waals surface area (Å²) in [5.41, 5.74) is 3.98. The third kappa shape index (κ3) is 7.44. The Bertz CT molecular complexity index is 631. The van der Waals surface area contributed by atoms with Gasteiger partial charge in [0.05, 0.1) is 6.26 Å². The first-order valence-electron chi connectivity index (χ1n) is 8.79. The lowest BCUT2D eigenvalue weighted by molar-refractivity contribution is 0.105. The Kier molecular flexibility index (Phi) is 8.05. The normalized spacial score (nSPS) is 11.6. The van der Waals surface area contributed by atoms with Gasteiger partial charge in [0.25, 0.3) is 0 Å². The lowest BCUT2D eigenvalue weighted by Crippen LogP contribution is -2.39. The van der Waals surface area contributed by atoms with E-state index in [0.717, 1.165) is 37.7 Å². The van der Waals surface area contributed by atoms with Gasteiger partial charge in [-0.05, 0) is 44.4 Å². The van der Waals surface area contributed by atoms with Crippen LogP contribution in [0.5, 0.6) is 0 Å². The van der Waals surface area contributed by atoms with E-state index in [0.29, 0.717) is 13.2 Å². The number of hydrogen-bond donors (Lipinski definition) is 2. The summed E-state index contributed by atoms with van der Waals surface area (Å²) in [5, 5.41) is 6.66. The van der Waals surface area contributed by atoms with Crippen molar-refractivity contribution in [1.29, 1.82) is 0 Å². The number of guanidine groups is 1. The first kappa shape index (κ1) is 19.1. The first-order valence-corrected chi connectivity index (χ1v) is 8.79. The molecule has 2 rings (SSSR count). The molecular weight excluding hydrogens is 314 g/mol. The summed E-state index contributed by atoms with van der Waals surface area (Å²) in [6.45, 7) is 7.17. The molecule has 5 nitrogen and oxygen atoms in total. The van der Waals surface area contributed by atoms with Crippen molar-refractivity contribution in [2.75, 3.05) is 26.7 Å². The zero-order valence-corrected chi connectivity index (χ0v) is 15.5. The Morgan fingerprint density at radius 1 is 1.12 bits per heavy atom. The number of ether oxygens (including phenoxy) is 1. The van der Waals surface area contributed by atoms with Crippen LogP contribution in [0.2, 0.25) is 0 Å². The van der Waals surface area contributed by atoms with Crippen LogP contribution in [0.25, 0.3) is 0 Å². The van der Waals surface area contributed by atoms with Gasteiger partial charge in [0.15, 0.2) is 5.96 Å². The number of furan rings is 1. The maximum Gasteiger partial charge on any atom is 0.190 e. The van der Waals surface area contributed by atoms with Crippen molar-refractivity contribution in [3.63, 3.8) is 0 Å². The SMILES string of the molecule is CN=C(NCCCOCc1ccco1)NCCc1cc(C)cc(C)c1. The quantitative estimate of drug-likeness (QED) is 0.417. The molecule has 0 unspecified atom stereocenters. The largest absolute Gasteiger partial charge is 0.467 e. The van der Waals surface area contributed by atoms with Gasteiger partial charge in [-0.3, -0.25) is 4.99 Å². The summed E-state index contributed by atoms with van der Waals surface area (Å²) in [7, 11) is 1.79. The number of aryl methyl sites for hydroxylation is 2. The van der Waals surface area contributed by atoms with Crippen molar-refractivity contribution < 1.29 is 9.15 Å². The Hall–Kier alpha value is -2.27. The van der Waals surface area contributed by atoms with Gasteiger partial charge in [-0.15, -0.1) is 0 Å². The van der Waals surface area contributed by atoms with Crippen molar-refractivity contribution in [2.45, 2.75) is 33.3 Å². The van der Waals surface area contributed by atoms with Crippen molar-refractivity contribution in [1.82, 2.24) is 10.6 Å². The van der Waals surface area contributed by atoms with Crippen LogP contribution < -0.4 is 10.6 Å². The van der Waals surface area contributed by atoms with Crippen LogP contribution in [-0.4, -0.2) is 32.7 Å². The molecule has 0 atom stereocenters. The molecular formula is C20H29N3O2. The van der Waals surface area contributed by atoms with Gasteiger partial charge in [-0.25, -0.2) is 0 Å². The Labute approximate surface area is 150 Å². The highest BCUT2D eigenvalue weighted by atomic mass is 16.5. The highest BCUT2D eigenvalue weighted by Gasteiger charge is 2.00. The average molecular weight is 343 g/mol. The van der Waals surface area contributed by atoms with Crippen LogP contribution in [0, 0.1) is 13.8 Å². The molecule has 2 aromatic rings. The van der Waals surface area contributed by atoms with Crippen LogP contribution in [0.3, 0.4) is 0 Å². The summed E-state index contributed by atoms with van der Waals surface area (Å²) in [4.78, 5) is 4.25. The second-order valence-electron chi connectivity index (χ2n) is 6.16. The third-order valence-electron chi connectivity index (χ3n) is 3.79. The molecule has 0 saturated carbocycles. The van der Waals surface area contributed by atoms with Crippen LogP contribution in [-0.2, 0) is 17.8 Å². The summed E-state index contributed by atoms with van der Waals surface area (Å²) >= 11 is 0. The van der Waals surface area contributed by atoms with Crippen LogP contribution in [0.15, 0.2) is 46.0 Å². The highest BCUT2D eigenvalue weighted by Crippen LogP contribution is 2.09. The monoisotopic (exact) mass is 343 g/mol. The summed E-state index contributed by atoms with van der Waals surface area (Å²) < 4.78 is 10.8. The standard InChI is InChI=1S/C20H29N3O2/c1-16-12-17(2)14-18(13-16)7-9-23-20(21-3)22-8-5-10-24-15-19-6-4-11-25-19/h4,6,11-14H,5,7-10,15H2,1-3H3,(H2,21,22,23). The molecule has 1 aromatic carbocycles. The molecule has 0 fully saturated rings. The molecule has 0 amide bonds. The number of rotatable bonds is 9. The Balaban J connectivity index is 1.57. The van der Waals surface area contributed by atoms with Gasteiger partial charge in [-0.1, -0.05) is 29.3 Å².